The summed E-state index contributed by atoms with van der Waals surface area (Å²) >= 11 is 7.32. The average molecular weight is 378 g/mol. The summed E-state index contributed by atoms with van der Waals surface area (Å²) in [5.41, 5.74) is 1.62. The SMILES string of the molecule is Cc1occc1-c1nnc(SCC(=O)N[C@H](C)c2ccccc2Cl)o1. The number of hydrogen-bond acceptors (Lipinski definition) is 6. The lowest BCUT2D eigenvalue weighted by Gasteiger charge is -2.15. The van der Waals surface area contributed by atoms with Gasteiger partial charge in [0.15, 0.2) is 0 Å². The van der Waals surface area contributed by atoms with Gasteiger partial charge in [0.1, 0.15) is 5.76 Å². The largest absolute Gasteiger partial charge is 0.469 e. The summed E-state index contributed by atoms with van der Waals surface area (Å²) in [6.45, 7) is 3.70. The minimum atomic E-state index is -0.186. The van der Waals surface area contributed by atoms with Crippen LogP contribution in [0.3, 0.4) is 0 Å². The molecule has 0 aliphatic heterocycles. The van der Waals surface area contributed by atoms with Crippen molar-refractivity contribution in [3.8, 4) is 11.5 Å². The standard InChI is InChI=1S/C17H16ClN3O3S/c1-10(12-5-3-4-6-14(12)18)19-15(22)9-25-17-21-20-16(24-17)13-7-8-23-11(13)2/h3-8,10H,9H2,1-2H3,(H,19,22)/t10-/m1/s1. The van der Waals surface area contributed by atoms with E-state index in [0.717, 1.165) is 11.1 Å². The fourth-order valence-electron chi connectivity index (χ4n) is 2.30. The van der Waals surface area contributed by atoms with Crippen LogP contribution in [0.4, 0.5) is 0 Å². The van der Waals surface area contributed by atoms with Crippen LogP contribution < -0.4 is 5.32 Å². The topological polar surface area (TPSA) is 81.2 Å². The average Bonchev–Trinajstić information content (AvgIpc) is 3.21. The van der Waals surface area contributed by atoms with E-state index >= 15 is 0 Å². The lowest BCUT2D eigenvalue weighted by molar-refractivity contribution is -0.119. The molecular formula is C17H16ClN3O3S. The van der Waals surface area contributed by atoms with E-state index in [1.165, 1.54) is 11.8 Å². The number of rotatable bonds is 6. The molecule has 1 N–H and O–H groups in total. The third-order valence-corrected chi connectivity index (χ3v) is 4.73. The van der Waals surface area contributed by atoms with Crippen molar-refractivity contribution in [1.29, 1.82) is 0 Å². The number of halogens is 1. The summed E-state index contributed by atoms with van der Waals surface area (Å²) in [7, 11) is 0. The van der Waals surface area contributed by atoms with Gasteiger partial charge in [-0.3, -0.25) is 4.79 Å². The number of nitrogens with zero attached hydrogens (tertiary/aromatic N) is 2. The van der Waals surface area contributed by atoms with Gasteiger partial charge in [-0.05, 0) is 31.5 Å². The van der Waals surface area contributed by atoms with Gasteiger partial charge in [-0.15, -0.1) is 10.2 Å². The van der Waals surface area contributed by atoms with Crippen LogP contribution >= 0.6 is 23.4 Å². The number of aryl methyl sites for hydroxylation is 1. The van der Waals surface area contributed by atoms with Crippen LogP contribution in [-0.2, 0) is 4.79 Å². The molecule has 0 bridgehead atoms. The van der Waals surface area contributed by atoms with Gasteiger partial charge in [0.2, 0.25) is 5.91 Å². The zero-order chi connectivity index (χ0) is 17.8. The Morgan fingerprint density at radius 2 is 2.12 bits per heavy atom. The molecule has 1 amide bonds. The van der Waals surface area contributed by atoms with Gasteiger partial charge in [-0.1, -0.05) is 41.6 Å². The van der Waals surface area contributed by atoms with Crippen molar-refractivity contribution in [3.63, 3.8) is 0 Å². The van der Waals surface area contributed by atoms with Crippen molar-refractivity contribution in [1.82, 2.24) is 15.5 Å². The minimum Gasteiger partial charge on any atom is -0.469 e. The predicted octanol–water partition coefficient (Wildman–Crippen LogP) is 4.26. The molecule has 0 unspecified atom stereocenters. The summed E-state index contributed by atoms with van der Waals surface area (Å²) in [5, 5.41) is 11.8. The lowest BCUT2D eigenvalue weighted by Crippen LogP contribution is -2.28. The Bertz CT molecular complexity index is 877. The highest BCUT2D eigenvalue weighted by molar-refractivity contribution is 7.99. The van der Waals surface area contributed by atoms with Crippen molar-refractivity contribution in [3.05, 3.63) is 52.9 Å². The van der Waals surface area contributed by atoms with E-state index in [4.69, 9.17) is 20.4 Å². The molecule has 2 aromatic heterocycles. The van der Waals surface area contributed by atoms with Crippen molar-refractivity contribution in [2.45, 2.75) is 25.1 Å². The Balaban J connectivity index is 1.55. The van der Waals surface area contributed by atoms with Gasteiger partial charge in [0, 0.05) is 5.02 Å². The van der Waals surface area contributed by atoms with Crippen molar-refractivity contribution >= 4 is 29.3 Å². The predicted molar refractivity (Wildman–Crippen MR) is 95.5 cm³/mol. The van der Waals surface area contributed by atoms with Crippen molar-refractivity contribution in [2.24, 2.45) is 0 Å². The van der Waals surface area contributed by atoms with Gasteiger partial charge >= 0.3 is 0 Å². The van der Waals surface area contributed by atoms with E-state index in [9.17, 15) is 4.79 Å². The van der Waals surface area contributed by atoms with Crippen LogP contribution in [0.25, 0.3) is 11.5 Å². The van der Waals surface area contributed by atoms with E-state index in [-0.39, 0.29) is 17.7 Å². The fourth-order valence-corrected chi connectivity index (χ4v) is 3.17. The van der Waals surface area contributed by atoms with E-state index in [1.807, 2.05) is 32.0 Å². The first-order chi connectivity index (χ1) is 12.0. The molecule has 3 rings (SSSR count). The number of carbonyl (C=O) groups excluding carboxylic acids is 1. The molecule has 130 valence electrons. The number of benzene rings is 1. The maximum Gasteiger partial charge on any atom is 0.277 e. The highest BCUT2D eigenvalue weighted by atomic mass is 35.5. The molecule has 25 heavy (non-hydrogen) atoms. The number of thioether (sulfide) groups is 1. The molecule has 8 heteroatoms. The van der Waals surface area contributed by atoms with Crippen LogP contribution in [0, 0.1) is 6.92 Å². The monoisotopic (exact) mass is 377 g/mol. The molecule has 1 atom stereocenters. The number of amides is 1. The van der Waals surface area contributed by atoms with Crippen LogP contribution in [0.5, 0.6) is 0 Å². The maximum absolute atomic E-state index is 12.1. The van der Waals surface area contributed by atoms with E-state index in [2.05, 4.69) is 15.5 Å². The van der Waals surface area contributed by atoms with E-state index in [1.54, 1.807) is 18.4 Å². The van der Waals surface area contributed by atoms with Crippen molar-refractivity contribution in [2.75, 3.05) is 5.75 Å². The number of nitrogens with one attached hydrogen (secondary N) is 1. The van der Waals surface area contributed by atoms with Gasteiger partial charge in [-0.2, -0.15) is 0 Å². The first-order valence-corrected chi connectivity index (χ1v) is 8.95. The summed E-state index contributed by atoms with van der Waals surface area (Å²) in [5.74, 6) is 1.10. The third kappa shape index (κ3) is 4.24. The van der Waals surface area contributed by atoms with Gasteiger partial charge in [-0.25, -0.2) is 0 Å². The summed E-state index contributed by atoms with van der Waals surface area (Å²) in [6, 6.07) is 9.00. The molecule has 1 aromatic carbocycles. The van der Waals surface area contributed by atoms with Crippen LogP contribution in [0.1, 0.15) is 24.3 Å². The quantitative estimate of drug-likeness (QED) is 0.646. The van der Waals surface area contributed by atoms with Gasteiger partial charge in [0.25, 0.3) is 11.1 Å². The number of aromatic nitrogens is 2. The molecule has 0 aliphatic carbocycles. The molecule has 0 spiro atoms. The lowest BCUT2D eigenvalue weighted by atomic mass is 10.1. The fraction of sp³-hybridized carbons (Fsp3) is 0.235. The van der Waals surface area contributed by atoms with Crippen LogP contribution in [0.2, 0.25) is 5.02 Å². The first kappa shape index (κ1) is 17.6. The molecule has 2 heterocycles. The molecule has 6 nitrogen and oxygen atoms in total. The second-order valence-corrected chi connectivity index (χ2v) is 6.70. The third-order valence-electron chi connectivity index (χ3n) is 3.57. The van der Waals surface area contributed by atoms with Crippen molar-refractivity contribution < 1.29 is 13.6 Å². The number of furan rings is 1. The highest BCUT2D eigenvalue weighted by Crippen LogP contribution is 2.26. The Morgan fingerprint density at radius 3 is 2.84 bits per heavy atom. The number of hydrogen-bond donors (Lipinski definition) is 1. The molecule has 0 radical (unpaired) electrons. The zero-order valence-corrected chi connectivity index (χ0v) is 15.2. The van der Waals surface area contributed by atoms with E-state index in [0.29, 0.717) is 21.9 Å². The molecule has 0 aliphatic rings. The highest BCUT2D eigenvalue weighted by Gasteiger charge is 2.16. The molecule has 0 fully saturated rings. The first-order valence-electron chi connectivity index (χ1n) is 7.59. The molecular weight excluding hydrogens is 362 g/mol. The van der Waals surface area contributed by atoms with Gasteiger partial charge in [0.05, 0.1) is 23.6 Å². The van der Waals surface area contributed by atoms with Crippen LogP contribution in [-0.4, -0.2) is 21.9 Å². The maximum atomic E-state index is 12.1. The molecule has 3 aromatic rings. The van der Waals surface area contributed by atoms with Crippen LogP contribution in [0.15, 0.2) is 50.7 Å². The Morgan fingerprint density at radius 1 is 1.32 bits per heavy atom. The zero-order valence-electron chi connectivity index (χ0n) is 13.7. The normalized spacial score (nSPS) is 12.1. The second-order valence-electron chi connectivity index (χ2n) is 5.36. The Labute approximate surface area is 154 Å². The smallest absolute Gasteiger partial charge is 0.277 e. The molecule has 0 saturated heterocycles. The Kier molecular flexibility index (Phi) is 5.45. The summed E-state index contributed by atoms with van der Waals surface area (Å²) in [6.07, 6.45) is 1.56. The Hall–Kier alpha value is -2.25. The minimum absolute atomic E-state index is 0.142. The summed E-state index contributed by atoms with van der Waals surface area (Å²) in [4.78, 5) is 12.1. The number of carbonyl (C=O) groups is 1. The van der Waals surface area contributed by atoms with Gasteiger partial charge < -0.3 is 14.2 Å². The molecule has 0 saturated carbocycles. The second kappa shape index (κ2) is 7.76. The van der Waals surface area contributed by atoms with E-state index < -0.39 is 0 Å². The summed E-state index contributed by atoms with van der Waals surface area (Å²) < 4.78 is 10.8.